The molecule has 0 bridgehead atoms. The van der Waals surface area contributed by atoms with E-state index in [1.165, 1.54) is 34.7 Å². The summed E-state index contributed by atoms with van der Waals surface area (Å²) >= 11 is 2.66. The molecule has 0 spiro atoms. The maximum absolute atomic E-state index is 11.8. The SMILES string of the molecule is CN(C)C(=O)CC[C@H](Cc1ccc(CCSC(=N)N)cc1)SC(=N)N. The Hall–Kier alpha value is -1.67. The predicted molar refractivity (Wildman–Crippen MR) is 109 cm³/mol. The lowest BCUT2D eigenvalue weighted by molar-refractivity contribution is -0.128. The van der Waals surface area contributed by atoms with Gasteiger partial charge < -0.3 is 16.4 Å². The fraction of sp³-hybridized carbons (Fsp3) is 0.471. The lowest BCUT2D eigenvalue weighted by atomic mass is 10.0. The van der Waals surface area contributed by atoms with E-state index >= 15 is 0 Å². The zero-order chi connectivity index (χ0) is 18.8. The lowest BCUT2D eigenvalue weighted by Gasteiger charge is -2.17. The van der Waals surface area contributed by atoms with Gasteiger partial charge in [0.15, 0.2) is 10.3 Å². The molecule has 1 rings (SSSR count). The van der Waals surface area contributed by atoms with Crippen molar-refractivity contribution < 1.29 is 4.79 Å². The van der Waals surface area contributed by atoms with Crippen LogP contribution in [-0.4, -0.2) is 46.2 Å². The maximum atomic E-state index is 11.8. The number of rotatable bonds is 9. The van der Waals surface area contributed by atoms with Crippen LogP contribution in [0.2, 0.25) is 0 Å². The summed E-state index contributed by atoms with van der Waals surface area (Å²) in [6.07, 6.45) is 2.79. The van der Waals surface area contributed by atoms with Crippen molar-refractivity contribution in [2.45, 2.75) is 30.9 Å². The molecule has 1 aromatic carbocycles. The van der Waals surface area contributed by atoms with Gasteiger partial charge >= 0.3 is 0 Å². The van der Waals surface area contributed by atoms with Crippen molar-refractivity contribution in [2.75, 3.05) is 19.8 Å². The predicted octanol–water partition coefficient (Wildman–Crippen LogP) is 2.26. The van der Waals surface area contributed by atoms with Crippen LogP contribution in [0.4, 0.5) is 0 Å². The summed E-state index contributed by atoms with van der Waals surface area (Å²) in [6.45, 7) is 0. The number of nitrogens with two attached hydrogens (primary N) is 2. The zero-order valence-electron chi connectivity index (χ0n) is 14.7. The molecule has 6 nitrogen and oxygen atoms in total. The van der Waals surface area contributed by atoms with Gasteiger partial charge in [-0.2, -0.15) is 0 Å². The van der Waals surface area contributed by atoms with E-state index in [2.05, 4.69) is 24.3 Å². The molecule has 8 heteroatoms. The molecule has 0 saturated carbocycles. The number of carbonyl (C=O) groups is 1. The third-order valence-electron chi connectivity index (χ3n) is 3.61. The lowest BCUT2D eigenvalue weighted by Crippen LogP contribution is -2.23. The van der Waals surface area contributed by atoms with Crippen molar-refractivity contribution in [1.82, 2.24) is 4.90 Å². The zero-order valence-corrected chi connectivity index (χ0v) is 16.4. The number of nitrogens with one attached hydrogen (secondary N) is 2. The summed E-state index contributed by atoms with van der Waals surface area (Å²) in [5.74, 6) is 0.886. The second-order valence-electron chi connectivity index (χ2n) is 5.91. The van der Waals surface area contributed by atoms with Gasteiger partial charge in [0.25, 0.3) is 0 Å². The smallest absolute Gasteiger partial charge is 0.222 e. The number of benzene rings is 1. The first-order chi connectivity index (χ1) is 11.8. The fourth-order valence-corrected chi connectivity index (χ4v) is 3.70. The summed E-state index contributed by atoms with van der Waals surface area (Å²) in [5, 5.41) is 15.1. The third-order valence-corrected chi connectivity index (χ3v) is 5.32. The first-order valence-corrected chi connectivity index (χ1v) is 9.90. The van der Waals surface area contributed by atoms with Gasteiger partial charge in [0, 0.05) is 31.5 Å². The minimum absolute atomic E-state index is 0.0835. The first kappa shape index (κ1) is 21.4. The number of aryl methyl sites for hydroxylation is 1. The molecule has 1 aromatic rings. The van der Waals surface area contributed by atoms with Gasteiger partial charge in [0.2, 0.25) is 5.91 Å². The molecule has 0 aliphatic heterocycles. The van der Waals surface area contributed by atoms with E-state index in [9.17, 15) is 4.79 Å². The topological polar surface area (TPSA) is 120 Å². The Morgan fingerprint density at radius 2 is 1.72 bits per heavy atom. The third kappa shape index (κ3) is 9.40. The van der Waals surface area contributed by atoms with Crippen LogP contribution in [-0.2, 0) is 17.6 Å². The molecule has 0 aliphatic rings. The monoisotopic (exact) mass is 381 g/mol. The Kier molecular flexibility index (Phi) is 9.44. The van der Waals surface area contributed by atoms with E-state index in [0.717, 1.165) is 18.6 Å². The van der Waals surface area contributed by atoms with Crippen LogP contribution in [0.15, 0.2) is 24.3 Å². The number of amidine groups is 2. The highest BCUT2D eigenvalue weighted by Gasteiger charge is 2.15. The molecule has 0 aromatic heterocycles. The molecule has 6 N–H and O–H groups in total. The average molecular weight is 382 g/mol. The summed E-state index contributed by atoms with van der Waals surface area (Å²) in [4.78, 5) is 13.4. The van der Waals surface area contributed by atoms with Crippen LogP contribution in [0.5, 0.6) is 0 Å². The molecule has 0 unspecified atom stereocenters. The number of carbonyl (C=O) groups excluding carboxylic acids is 1. The highest BCUT2D eigenvalue weighted by atomic mass is 32.2. The minimum Gasteiger partial charge on any atom is -0.379 e. The molecule has 0 aliphatic carbocycles. The Bertz CT molecular complexity index is 589. The standard InChI is InChI=1S/C17H27N5OS2/c1-22(2)15(23)8-7-14(25-17(20)21)11-13-5-3-12(4-6-13)9-10-24-16(18)19/h3-6,14H,7-11H2,1-2H3,(H3,18,19)(H3,20,21)/t14-/m1/s1. The van der Waals surface area contributed by atoms with Gasteiger partial charge in [-0.05, 0) is 30.4 Å². The van der Waals surface area contributed by atoms with Crippen molar-refractivity contribution in [3.63, 3.8) is 0 Å². The van der Waals surface area contributed by atoms with Gasteiger partial charge in [0.1, 0.15) is 0 Å². The maximum Gasteiger partial charge on any atom is 0.222 e. The number of amides is 1. The van der Waals surface area contributed by atoms with Crippen molar-refractivity contribution in [3.05, 3.63) is 35.4 Å². The van der Waals surface area contributed by atoms with Gasteiger partial charge in [-0.3, -0.25) is 15.6 Å². The first-order valence-electron chi connectivity index (χ1n) is 8.03. The highest BCUT2D eigenvalue weighted by molar-refractivity contribution is 8.14. The second-order valence-corrected chi connectivity index (χ2v) is 8.39. The van der Waals surface area contributed by atoms with E-state index in [1.807, 2.05) is 0 Å². The largest absolute Gasteiger partial charge is 0.379 e. The van der Waals surface area contributed by atoms with Crippen molar-refractivity contribution in [3.8, 4) is 0 Å². The van der Waals surface area contributed by atoms with Gasteiger partial charge in [-0.25, -0.2) is 0 Å². The summed E-state index contributed by atoms with van der Waals surface area (Å²) in [7, 11) is 3.50. The quantitative estimate of drug-likeness (QED) is 0.386. The van der Waals surface area contributed by atoms with Crippen LogP contribution in [0, 0.1) is 10.8 Å². The van der Waals surface area contributed by atoms with Crippen molar-refractivity contribution >= 4 is 39.8 Å². The normalized spacial score (nSPS) is 11.8. The molecule has 0 saturated heterocycles. The molecule has 0 radical (unpaired) electrons. The number of hydrogen-bond acceptors (Lipinski definition) is 5. The van der Waals surface area contributed by atoms with E-state index in [4.69, 9.17) is 22.3 Å². The summed E-state index contributed by atoms with van der Waals surface area (Å²) < 4.78 is 0. The number of nitrogens with zero attached hydrogens (tertiary/aromatic N) is 1. The summed E-state index contributed by atoms with van der Waals surface area (Å²) in [5.41, 5.74) is 13.2. The van der Waals surface area contributed by atoms with Crippen LogP contribution >= 0.6 is 23.5 Å². The van der Waals surface area contributed by atoms with Crippen LogP contribution in [0.25, 0.3) is 0 Å². The Morgan fingerprint density at radius 1 is 1.12 bits per heavy atom. The number of thioether (sulfide) groups is 2. The van der Waals surface area contributed by atoms with Gasteiger partial charge in [-0.1, -0.05) is 47.8 Å². The molecule has 0 fully saturated rings. The summed E-state index contributed by atoms with van der Waals surface area (Å²) in [6, 6.07) is 8.32. The average Bonchev–Trinajstić information content (AvgIpc) is 2.53. The molecular formula is C17H27N5OS2. The second kappa shape index (κ2) is 11.0. The van der Waals surface area contributed by atoms with Gasteiger partial charge in [0.05, 0.1) is 0 Å². The molecule has 1 amide bonds. The van der Waals surface area contributed by atoms with E-state index in [0.29, 0.717) is 12.8 Å². The Morgan fingerprint density at radius 3 is 2.24 bits per heavy atom. The van der Waals surface area contributed by atoms with Crippen LogP contribution in [0.1, 0.15) is 24.0 Å². The van der Waals surface area contributed by atoms with E-state index < -0.39 is 0 Å². The van der Waals surface area contributed by atoms with Crippen LogP contribution < -0.4 is 11.5 Å². The van der Waals surface area contributed by atoms with Crippen LogP contribution in [0.3, 0.4) is 0 Å². The fourth-order valence-electron chi connectivity index (χ4n) is 2.27. The highest BCUT2D eigenvalue weighted by Crippen LogP contribution is 2.22. The number of hydrogen-bond donors (Lipinski definition) is 4. The van der Waals surface area contributed by atoms with E-state index in [-0.39, 0.29) is 21.5 Å². The Labute approximate surface area is 158 Å². The van der Waals surface area contributed by atoms with Gasteiger partial charge in [-0.15, -0.1) is 0 Å². The van der Waals surface area contributed by atoms with Crippen molar-refractivity contribution in [2.24, 2.45) is 11.5 Å². The molecule has 1 atom stereocenters. The molecular weight excluding hydrogens is 354 g/mol. The molecule has 25 heavy (non-hydrogen) atoms. The molecule has 138 valence electrons. The molecule has 0 heterocycles. The Balaban J connectivity index is 2.59. The van der Waals surface area contributed by atoms with E-state index in [1.54, 1.807) is 19.0 Å². The van der Waals surface area contributed by atoms with Crippen molar-refractivity contribution in [1.29, 1.82) is 10.8 Å². The minimum atomic E-state index is 0.0835.